The van der Waals surface area contributed by atoms with Crippen LogP contribution in [-0.2, 0) is 16.4 Å². The highest BCUT2D eigenvalue weighted by Gasteiger charge is 2.23. The fourth-order valence-corrected chi connectivity index (χ4v) is 3.48. The molecule has 3 N–H and O–H groups in total. The van der Waals surface area contributed by atoms with Gasteiger partial charge in [-0.05, 0) is 6.07 Å². The van der Waals surface area contributed by atoms with Crippen molar-refractivity contribution in [1.82, 2.24) is 10.0 Å². The van der Waals surface area contributed by atoms with Crippen LogP contribution in [-0.4, -0.2) is 36.0 Å². The maximum atomic E-state index is 12.2. The minimum atomic E-state index is -3.52. The standard InChI is InChI=1S/C18H17N3O5S/c1-27(24,25)14-10-6-5-9-13(14)16-17(12-7-3-2-4-8-12)26-15(20-16)11-21(23)18(19)22/h2-10,23H,11H2,1H3,(H2,19,22). The number of benzene rings is 2. The fraction of sp³-hybridized carbons (Fsp3) is 0.111. The van der Waals surface area contributed by atoms with Gasteiger partial charge in [0.05, 0.1) is 4.90 Å². The molecule has 0 saturated heterocycles. The van der Waals surface area contributed by atoms with Gasteiger partial charge in [-0.3, -0.25) is 5.21 Å². The molecule has 2 amide bonds. The summed E-state index contributed by atoms with van der Waals surface area (Å²) in [6, 6.07) is 14.3. The van der Waals surface area contributed by atoms with Crippen molar-refractivity contribution in [2.45, 2.75) is 11.4 Å². The Labute approximate surface area is 155 Å². The number of nitrogens with two attached hydrogens (primary N) is 1. The quantitative estimate of drug-likeness (QED) is 0.512. The number of hydrogen-bond acceptors (Lipinski definition) is 6. The number of hydroxylamine groups is 2. The number of nitrogens with zero attached hydrogens (tertiary/aromatic N) is 2. The summed E-state index contributed by atoms with van der Waals surface area (Å²) in [5.74, 6) is 0.327. The van der Waals surface area contributed by atoms with Gasteiger partial charge < -0.3 is 10.2 Å². The van der Waals surface area contributed by atoms with Crippen LogP contribution in [0.1, 0.15) is 5.89 Å². The molecule has 9 heteroatoms. The lowest BCUT2D eigenvalue weighted by molar-refractivity contribution is -0.0523. The number of aromatic nitrogens is 1. The lowest BCUT2D eigenvalue weighted by Gasteiger charge is -2.08. The van der Waals surface area contributed by atoms with Crippen molar-refractivity contribution in [2.24, 2.45) is 5.73 Å². The Morgan fingerprint density at radius 2 is 1.78 bits per heavy atom. The first-order chi connectivity index (χ1) is 12.8. The van der Waals surface area contributed by atoms with Gasteiger partial charge in [-0.25, -0.2) is 18.2 Å². The fourth-order valence-electron chi connectivity index (χ4n) is 2.59. The molecule has 0 atom stereocenters. The van der Waals surface area contributed by atoms with Crippen LogP contribution in [0.15, 0.2) is 63.9 Å². The Balaban J connectivity index is 2.20. The normalized spacial score (nSPS) is 11.3. The van der Waals surface area contributed by atoms with Crippen molar-refractivity contribution >= 4 is 15.9 Å². The van der Waals surface area contributed by atoms with Crippen molar-refractivity contribution in [2.75, 3.05) is 6.26 Å². The SMILES string of the molecule is CS(=O)(=O)c1ccccc1-c1nc(CN(O)C(N)=O)oc1-c1ccccc1. The van der Waals surface area contributed by atoms with Gasteiger partial charge >= 0.3 is 6.03 Å². The van der Waals surface area contributed by atoms with Gasteiger partial charge in [-0.2, -0.15) is 5.06 Å². The van der Waals surface area contributed by atoms with E-state index in [1.807, 2.05) is 6.07 Å². The van der Waals surface area contributed by atoms with Gasteiger partial charge in [0.2, 0.25) is 5.89 Å². The summed E-state index contributed by atoms with van der Waals surface area (Å²) in [6.45, 7) is -0.379. The zero-order valence-corrected chi connectivity index (χ0v) is 15.2. The van der Waals surface area contributed by atoms with E-state index in [1.165, 1.54) is 6.07 Å². The Kier molecular flexibility index (Phi) is 4.98. The zero-order valence-electron chi connectivity index (χ0n) is 14.4. The van der Waals surface area contributed by atoms with Crippen molar-refractivity contribution < 1.29 is 22.8 Å². The number of rotatable bonds is 5. The number of carbonyl (C=O) groups excluding carboxylic acids is 1. The molecule has 0 aliphatic heterocycles. The van der Waals surface area contributed by atoms with Crippen molar-refractivity contribution in [1.29, 1.82) is 0 Å². The Bertz CT molecular complexity index is 1080. The average Bonchev–Trinajstić information content (AvgIpc) is 3.05. The molecule has 0 unspecified atom stereocenters. The highest BCUT2D eigenvalue weighted by molar-refractivity contribution is 7.90. The average molecular weight is 387 g/mol. The summed E-state index contributed by atoms with van der Waals surface area (Å²) in [4.78, 5) is 15.5. The molecular weight excluding hydrogens is 370 g/mol. The number of sulfone groups is 1. The Morgan fingerprint density at radius 3 is 2.41 bits per heavy atom. The predicted octanol–water partition coefficient (Wildman–Crippen LogP) is 2.68. The van der Waals surface area contributed by atoms with Gasteiger partial charge in [0.1, 0.15) is 12.2 Å². The van der Waals surface area contributed by atoms with E-state index in [-0.39, 0.29) is 28.1 Å². The number of carbonyl (C=O) groups is 1. The van der Waals surface area contributed by atoms with Crippen molar-refractivity contribution in [3.8, 4) is 22.6 Å². The number of hydrogen-bond donors (Lipinski definition) is 2. The van der Waals surface area contributed by atoms with E-state index >= 15 is 0 Å². The minimum Gasteiger partial charge on any atom is -0.438 e. The van der Waals surface area contributed by atoms with Crippen LogP contribution in [0.2, 0.25) is 0 Å². The molecule has 0 spiro atoms. The van der Waals surface area contributed by atoms with Crippen LogP contribution >= 0.6 is 0 Å². The first-order valence-electron chi connectivity index (χ1n) is 7.88. The lowest BCUT2D eigenvalue weighted by Crippen LogP contribution is -2.32. The molecule has 27 heavy (non-hydrogen) atoms. The molecule has 1 heterocycles. The third-order valence-electron chi connectivity index (χ3n) is 3.79. The molecule has 0 aliphatic rings. The molecule has 0 aliphatic carbocycles. The van der Waals surface area contributed by atoms with E-state index in [9.17, 15) is 18.4 Å². The van der Waals surface area contributed by atoms with Crippen LogP contribution < -0.4 is 5.73 Å². The summed E-state index contributed by atoms with van der Waals surface area (Å²) in [5, 5.41) is 9.82. The van der Waals surface area contributed by atoms with E-state index in [0.29, 0.717) is 16.9 Å². The van der Waals surface area contributed by atoms with E-state index in [0.717, 1.165) is 6.26 Å². The molecule has 0 saturated carbocycles. The second-order valence-electron chi connectivity index (χ2n) is 5.82. The predicted molar refractivity (Wildman–Crippen MR) is 97.4 cm³/mol. The van der Waals surface area contributed by atoms with Crippen molar-refractivity contribution in [3.63, 3.8) is 0 Å². The van der Waals surface area contributed by atoms with Crippen LogP contribution in [0.5, 0.6) is 0 Å². The van der Waals surface area contributed by atoms with Crippen LogP contribution in [0.3, 0.4) is 0 Å². The second kappa shape index (κ2) is 7.22. The van der Waals surface area contributed by atoms with Gasteiger partial charge in [0, 0.05) is 17.4 Å². The first-order valence-corrected chi connectivity index (χ1v) is 9.77. The van der Waals surface area contributed by atoms with E-state index < -0.39 is 15.9 Å². The molecule has 3 aromatic rings. The van der Waals surface area contributed by atoms with Gasteiger partial charge in [-0.1, -0.05) is 48.5 Å². The topological polar surface area (TPSA) is 127 Å². The Morgan fingerprint density at radius 1 is 1.15 bits per heavy atom. The summed E-state index contributed by atoms with van der Waals surface area (Å²) < 4.78 is 30.1. The first kappa shape index (κ1) is 18.6. The van der Waals surface area contributed by atoms with Gasteiger partial charge in [0.25, 0.3) is 0 Å². The lowest BCUT2D eigenvalue weighted by atomic mass is 10.1. The Hall–Kier alpha value is -3.17. The highest BCUT2D eigenvalue weighted by atomic mass is 32.2. The van der Waals surface area contributed by atoms with Gasteiger partial charge in [-0.15, -0.1) is 0 Å². The largest absolute Gasteiger partial charge is 0.438 e. The van der Waals surface area contributed by atoms with E-state index in [2.05, 4.69) is 4.98 Å². The molecule has 8 nitrogen and oxygen atoms in total. The number of urea groups is 1. The molecular formula is C18H17N3O5S. The summed E-state index contributed by atoms with van der Waals surface area (Å²) >= 11 is 0. The van der Waals surface area contributed by atoms with E-state index in [4.69, 9.17) is 10.2 Å². The third-order valence-corrected chi connectivity index (χ3v) is 4.94. The molecule has 140 valence electrons. The monoisotopic (exact) mass is 387 g/mol. The highest BCUT2D eigenvalue weighted by Crippen LogP contribution is 2.36. The van der Waals surface area contributed by atoms with Crippen molar-refractivity contribution in [3.05, 3.63) is 60.5 Å². The molecule has 0 fully saturated rings. The smallest absolute Gasteiger partial charge is 0.339 e. The van der Waals surface area contributed by atoms with Gasteiger partial charge in [0.15, 0.2) is 15.6 Å². The molecule has 2 aromatic carbocycles. The van der Waals surface area contributed by atoms with Crippen LogP contribution in [0.4, 0.5) is 4.79 Å². The number of amides is 2. The second-order valence-corrected chi connectivity index (χ2v) is 7.80. The summed E-state index contributed by atoms with van der Waals surface area (Å²) in [7, 11) is -3.52. The maximum absolute atomic E-state index is 12.2. The van der Waals surface area contributed by atoms with E-state index in [1.54, 1.807) is 42.5 Å². The summed E-state index contributed by atoms with van der Waals surface area (Å²) in [5.41, 5.74) is 6.33. The van der Waals surface area contributed by atoms with Crippen LogP contribution in [0, 0.1) is 0 Å². The molecule has 3 rings (SSSR count). The minimum absolute atomic E-state index is 0.00783. The third kappa shape index (κ3) is 3.99. The number of primary amides is 1. The van der Waals surface area contributed by atoms with Crippen LogP contribution in [0.25, 0.3) is 22.6 Å². The number of oxazole rings is 1. The molecule has 0 bridgehead atoms. The molecule has 0 radical (unpaired) electrons. The summed E-state index contributed by atoms with van der Waals surface area (Å²) in [6.07, 6.45) is 1.11. The molecule has 1 aromatic heterocycles. The maximum Gasteiger partial charge on any atom is 0.339 e. The zero-order chi connectivity index (χ0) is 19.6.